The van der Waals surface area contributed by atoms with Crippen molar-refractivity contribution in [3.63, 3.8) is 0 Å². The summed E-state index contributed by atoms with van der Waals surface area (Å²) in [4.78, 5) is 31.4. The zero-order chi connectivity index (χ0) is 25.1. The lowest BCUT2D eigenvalue weighted by Crippen LogP contribution is -2.21. The number of esters is 1. The van der Waals surface area contributed by atoms with Crippen LogP contribution in [-0.4, -0.2) is 25.6 Å². The van der Waals surface area contributed by atoms with E-state index < -0.39 is 17.7 Å². The summed E-state index contributed by atoms with van der Waals surface area (Å²) in [5.74, 6) is -0.953. The number of carbonyl (C=O) groups is 2. The summed E-state index contributed by atoms with van der Waals surface area (Å²) in [6, 6.07) is 12.3. The molecule has 2 aromatic carbocycles. The predicted molar refractivity (Wildman–Crippen MR) is 132 cm³/mol. The lowest BCUT2D eigenvalue weighted by molar-refractivity contribution is 0.0527. The molecule has 0 saturated carbocycles. The second-order valence-electron chi connectivity index (χ2n) is 7.60. The van der Waals surface area contributed by atoms with Crippen LogP contribution in [0, 0.1) is 19.7 Å². The first-order chi connectivity index (χ1) is 16.8. The monoisotopic (exact) mass is 494 g/mol. The highest BCUT2D eigenvalue weighted by atomic mass is 32.1. The van der Waals surface area contributed by atoms with E-state index in [0.29, 0.717) is 33.0 Å². The van der Waals surface area contributed by atoms with Gasteiger partial charge in [0.1, 0.15) is 16.4 Å². The molecular formula is C26H23FN2O5S. The van der Waals surface area contributed by atoms with E-state index in [1.165, 1.54) is 42.7 Å². The van der Waals surface area contributed by atoms with Crippen molar-refractivity contribution in [2.45, 2.75) is 20.8 Å². The van der Waals surface area contributed by atoms with E-state index in [4.69, 9.17) is 13.9 Å². The Labute approximate surface area is 204 Å². The van der Waals surface area contributed by atoms with Crippen molar-refractivity contribution in [3.8, 4) is 5.75 Å². The van der Waals surface area contributed by atoms with Crippen LogP contribution in [0.25, 0.3) is 11.0 Å². The van der Waals surface area contributed by atoms with Crippen LogP contribution in [0.1, 0.15) is 38.1 Å². The quantitative estimate of drug-likeness (QED) is 0.336. The maximum absolute atomic E-state index is 13.3. The largest absolute Gasteiger partial charge is 0.493 e. The minimum absolute atomic E-state index is 0.00610. The molecule has 0 unspecified atom stereocenters. The SMILES string of the molecule is CCOC(=O)c1c(/N=c2\oc3c(OC)cccc3cc2C(=O)Nc2ccc(F)cc2)sc(C)c1C. The van der Waals surface area contributed by atoms with Gasteiger partial charge in [0.15, 0.2) is 11.3 Å². The zero-order valence-electron chi connectivity index (χ0n) is 19.6. The Morgan fingerprint density at radius 1 is 1.14 bits per heavy atom. The van der Waals surface area contributed by atoms with E-state index in [1.807, 2.05) is 13.8 Å². The number of carbonyl (C=O) groups excluding carboxylic acids is 2. The van der Waals surface area contributed by atoms with E-state index in [0.717, 1.165) is 10.4 Å². The number of amides is 1. The zero-order valence-corrected chi connectivity index (χ0v) is 20.4. The molecule has 4 aromatic rings. The molecule has 0 bridgehead atoms. The average Bonchev–Trinajstić information content (AvgIpc) is 3.12. The number of aryl methyl sites for hydroxylation is 1. The first-order valence-corrected chi connectivity index (χ1v) is 11.6. The number of thiophene rings is 1. The smallest absolute Gasteiger partial charge is 0.341 e. The second-order valence-corrected chi connectivity index (χ2v) is 8.80. The van der Waals surface area contributed by atoms with Gasteiger partial charge in [0.25, 0.3) is 5.91 Å². The lowest BCUT2D eigenvalue weighted by atomic mass is 10.1. The van der Waals surface area contributed by atoms with Crippen molar-refractivity contribution in [1.82, 2.24) is 0 Å². The third kappa shape index (κ3) is 4.95. The van der Waals surface area contributed by atoms with Gasteiger partial charge in [0, 0.05) is 16.0 Å². The molecule has 4 rings (SSSR count). The molecule has 7 nitrogen and oxygen atoms in total. The molecule has 1 N–H and O–H groups in total. The van der Waals surface area contributed by atoms with E-state index in [1.54, 1.807) is 31.2 Å². The predicted octanol–water partition coefficient (Wildman–Crippen LogP) is 5.92. The number of benzene rings is 2. The van der Waals surface area contributed by atoms with Crippen molar-refractivity contribution < 1.29 is 27.9 Å². The molecular weight excluding hydrogens is 471 g/mol. The molecule has 0 atom stereocenters. The van der Waals surface area contributed by atoms with Gasteiger partial charge in [-0.05, 0) is 62.7 Å². The molecule has 35 heavy (non-hydrogen) atoms. The van der Waals surface area contributed by atoms with Crippen LogP contribution in [0.5, 0.6) is 5.75 Å². The maximum atomic E-state index is 13.3. The molecule has 0 aliphatic heterocycles. The fourth-order valence-electron chi connectivity index (χ4n) is 3.49. The minimum Gasteiger partial charge on any atom is -0.493 e. The standard InChI is InChI=1S/C26H23FN2O5S/c1-5-33-26(31)21-14(2)15(3)35-25(21)29-24-19(23(30)28-18-11-9-17(27)10-12-18)13-16-7-6-8-20(32-4)22(16)34-24/h6-13H,5H2,1-4H3,(H,28,30)/b29-24-. The van der Waals surface area contributed by atoms with E-state index in [-0.39, 0.29) is 17.7 Å². The molecule has 2 heterocycles. The van der Waals surface area contributed by atoms with Gasteiger partial charge < -0.3 is 19.2 Å². The van der Waals surface area contributed by atoms with Gasteiger partial charge in [-0.25, -0.2) is 14.2 Å². The Hall–Kier alpha value is -3.98. The third-order valence-electron chi connectivity index (χ3n) is 5.35. The molecule has 0 aliphatic carbocycles. The summed E-state index contributed by atoms with van der Waals surface area (Å²) < 4.78 is 30.0. The second kappa shape index (κ2) is 10.1. The molecule has 0 fully saturated rings. The first kappa shape index (κ1) is 24.2. The number of nitrogens with zero attached hydrogens (tertiary/aromatic N) is 1. The van der Waals surface area contributed by atoms with Crippen LogP contribution in [0.15, 0.2) is 57.9 Å². The van der Waals surface area contributed by atoms with E-state index in [2.05, 4.69) is 10.3 Å². The topological polar surface area (TPSA) is 90.1 Å². The maximum Gasteiger partial charge on any atom is 0.341 e. The Kier molecular flexibility index (Phi) is 6.97. The Balaban J connectivity index is 1.93. The fourth-order valence-corrected chi connectivity index (χ4v) is 4.50. The van der Waals surface area contributed by atoms with Crippen LogP contribution in [0.4, 0.5) is 15.1 Å². The van der Waals surface area contributed by atoms with Gasteiger partial charge >= 0.3 is 5.97 Å². The van der Waals surface area contributed by atoms with E-state index >= 15 is 0 Å². The highest BCUT2D eigenvalue weighted by molar-refractivity contribution is 7.16. The molecule has 9 heteroatoms. The van der Waals surface area contributed by atoms with Crippen molar-refractivity contribution in [1.29, 1.82) is 0 Å². The van der Waals surface area contributed by atoms with Crippen LogP contribution in [-0.2, 0) is 4.74 Å². The third-order valence-corrected chi connectivity index (χ3v) is 6.46. The Morgan fingerprint density at radius 2 is 1.89 bits per heavy atom. The average molecular weight is 495 g/mol. The highest BCUT2D eigenvalue weighted by Gasteiger charge is 2.22. The fraction of sp³-hybridized carbons (Fsp3) is 0.192. The van der Waals surface area contributed by atoms with Gasteiger partial charge in [0.05, 0.1) is 19.3 Å². The first-order valence-electron chi connectivity index (χ1n) is 10.8. The molecule has 0 spiro atoms. The number of nitrogens with one attached hydrogen (secondary N) is 1. The number of anilines is 1. The van der Waals surface area contributed by atoms with Crippen molar-refractivity contribution >= 4 is 44.9 Å². The Bertz CT molecular complexity index is 1490. The van der Waals surface area contributed by atoms with Gasteiger partial charge in [-0.3, -0.25) is 4.79 Å². The summed E-state index contributed by atoms with van der Waals surface area (Å²) in [6.45, 7) is 5.64. The van der Waals surface area contributed by atoms with Gasteiger partial charge in [-0.1, -0.05) is 12.1 Å². The number of hydrogen-bond donors (Lipinski definition) is 1. The molecule has 0 aliphatic rings. The lowest BCUT2D eigenvalue weighted by Gasteiger charge is -2.09. The normalized spacial score (nSPS) is 11.5. The van der Waals surface area contributed by atoms with Gasteiger partial charge in [0.2, 0.25) is 5.55 Å². The molecule has 2 aromatic heterocycles. The molecule has 1 amide bonds. The van der Waals surface area contributed by atoms with Gasteiger partial charge in [-0.2, -0.15) is 0 Å². The van der Waals surface area contributed by atoms with Gasteiger partial charge in [-0.15, -0.1) is 11.3 Å². The highest BCUT2D eigenvalue weighted by Crippen LogP contribution is 2.35. The minimum atomic E-state index is -0.508. The van der Waals surface area contributed by atoms with Crippen LogP contribution in [0.2, 0.25) is 0 Å². The summed E-state index contributed by atoms with van der Waals surface area (Å²) in [6.07, 6.45) is 0. The molecule has 180 valence electrons. The van der Waals surface area contributed by atoms with E-state index in [9.17, 15) is 14.0 Å². The Morgan fingerprint density at radius 3 is 2.57 bits per heavy atom. The summed E-state index contributed by atoms with van der Waals surface area (Å²) in [5, 5.41) is 3.72. The summed E-state index contributed by atoms with van der Waals surface area (Å²) in [7, 11) is 1.51. The molecule has 0 saturated heterocycles. The van der Waals surface area contributed by atoms with Crippen molar-refractivity contribution in [2.75, 3.05) is 19.0 Å². The van der Waals surface area contributed by atoms with Crippen molar-refractivity contribution in [2.24, 2.45) is 4.99 Å². The van der Waals surface area contributed by atoms with Crippen LogP contribution >= 0.6 is 11.3 Å². The number of para-hydroxylation sites is 1. The van der Waals surface area contributed by atoms with Crippen molar-refractivity contribution in [3.05, 3.63) is 81.5 Å². The van der Waals surface area contributed by atoms with Crippen LogP contribution in [0.3, 0.4) is 0 Å². The number of fused-ring (bicyclic) bond motifs is 1. The number of hydrogen-bond acceptors (Lipinski definition) is 7. The molecule has 0 radical (unpaired) electrons. The van der Waals surface area contributed by atoms with Crippen LogP contribution < -0.4 is 15.6 Å². The number of ether oxygens (including phenoxy) is 2. The summed E-state index contributed by atoms with van der Waals surface area (Å²) in [5.41, 5.74) is 2.01. The number of methoxy groups -OCH3 is 1. The summed E-state index contributed by atoms with van der Waals surface area (Å²) >= 11 is 1.30. The number of halogens is 1. The number of rotatable bonds is 6.